The van der Waals surface area contributed by atoms with Crippen molar-refractivity contribution in [2.24, 2.45) is 0 Å². The maximum absolute atomic E-state index is 5.13. The molecule has 0 atom stereocenters. The summed E-state index contributed by atoms with van der Waals surface area (Å²) >= 11 is 0. The molecule has 0 aliphatic heterocycles. The summed E-state index contributed by atoms with van der Waals surface area (Å²) in [5.41, 5.74) is 0. The van der Waals surface area contributed by atoms with Crippen molar-refractivity contribution in [3.63, 3.8) is 0 Å². The molecule has 0 heterocycles. The van der Waals surface area contributed by atoms with Crippen LogP contribution in [0.5, 0.6) is 11.5 Å². The second kappa shape index (κ2) is 3.58. The first-order valence-corrected chi connectivity index (χ1v) is 4.37. The molecule has 2 aromatic carbocycles. The first-order valence-electron chi connectivity index (χ1n) is 4.37. The van der Waals surface area contributed by atoms with Crippen LogP contribution in [0.15, 0.2) is 30.3 Å². The minimum absolute atomic E-state index is 0.752. The number of hydrogen-bond acceptors (Lipinski definition) is 2. The Kier molecular flexibility index (Phi) is 2.27. The van der Waals surface area contributed by atoms with Gasteiger partial charge in [-0.25, -0.2) is 0 Å². The third-order valence-electron chi connectivity index (χ3n) is 2.15. The standard InChI is InChI=1S/C12H11O2/c1-13-11-5-3-10-8-12(14-2)6-4-9(10)7-11/h3-7H,1-2H3. The lowest BCUT2D eigenvalue weighted by Crippen LogP contribution is -1.85. The number of ether oxygens (including phenoxy) is 2. The van der Waals surface area contributed by atoms with Crippen LogP contribution < -0.4 is 9.47 Å². The van der Waals surface area contributed by atoms with Crippen LogP contribution >= 0.6 is 0 Å². The van der Waals surface area contributed by atoms with Gasteiger partial charge in [0.25, 0.3) is 0 Å². The highest BCUT2D eigenvalue weighted by Crippen LogP contribution is 2.23. The Bertz CT molecular complexity index is 406. The van der Waals surface area contributed by atoms with Crippen molar-refractivity contribution in [1.29, 1.82) is 0 Å². The maximum atomic E-state index is 5.13. The first-order chi connectivity index (χ1) is 6.83. The molecule has 71 valence electrons. The van der Waals surface area contributed by atoms with Crippen molar-refractivity contribution in [3.8, 4) is 11.5 Å². The average molecular weight is 187 g/mol. The molecule has 14 heavy (non-hydrogen) atoms. The third kappa shape index (κ3) is 1.51. The average Bonchev–Trinajstić information content (AvgIpc) is 2.27. The fourth-order valence-corrected chi connectivity index (χ4v) is 1.38. The number of fused-ring (bicyclic) bond motifs is 1. The zero-order valence-electron chi connectivity index (χ0n) is 8.20. The Hall–Kier alpha value is -1.70. The van der Waals surface area contributed by atoms with Gasteiger partial charge in [0.15, 0.2) is 0 Å². The summed E-state index contributed by atoms with van der Waals surface area (Å²) in [6.45, 7) is 0. The van der Waals surface area contributed by atoms with Gasteiger partial charge in [-0.15, -0.1) is 0 Å². The van der Waals surface area contributed by atoms with Crippen molar-refractivity contribution in [3.05, 3.63) is 36.4 Å². The van der Waals surface area contributed by atoms with E-state index in [9.17, 15) is 0 Å². The minimum atomic E-state index is 0.752. The van der Waals surface area contributed by atoms with E-state index in [-0.39, 0.29) is 0 Å². The molecule has 2 heteroatoms. The van der Waals surface area contributed by atoms with E-state index in [0.29, 0.717) is 0 Å². The Morgan fingerprint density at radius 2 is 1.86 bits per heavy atom. The van der Waals surface area contributed by atoms with Crippen LogP contribution in [-0.4, -0.2) is 14.2 Å². The topological polar surface area (TPSA) is 18.5 Å². The van der Waals surface area contributed by atoms with E-state index in [0.717, 1.165) is 22.3 Å². The van der Waals surface area contributed by atoms with Crippen molar-refractivity contribution in [2.45, 2.75) is 0 Å². The Morgan fingerprint density at radius 3 is 2.57 bits per heavy atom. The van der Waals surface area contributed by atoms with Gasteiger partial charge in [0, 0.05) is 6.07 Å². The molecular formula is C12H11O2. The largest absolute Gasteiger partial charge is 0.497 e. The molecule has 2 nitrogen and oxygen atoms in total. The second-order valence-corrected chi connectivity index (χ2v) is 2.98. The van der Waals surface area contributed by atoms with Crippen molar-refractivity contribution in [2.75, 3.05) is 14.2 Å². The molecular weight excluding hydrogens is 176 g/mol. The lowest BCUT2D eigenvalue weighted by atomic mass is 10.1. The molecule has 0 saturated heterocycles. The normalized spacial score (nSPS) is 10.1. The highest BCUT2D eigenvalue weighted by atomic mass is 16.5. The van der Waals surface area contributed by atoms with Gasteiger partial charge in [-0.1, -0.05) is 6.07 Å². The van der Waals surface area contributed by atoms with Gasteiger partial charge < -0.3 is 9.47 Å². The van der Waals surface area contributed by atoms with E-state index in [4.69, 9.17) is 9.47 Å². The summed E-state index contributed by atoms with van der Waals surface area (Å²) in [7, 11) is 3.30. The first kappa shape index (κ1) is 8.88. The highest BCUT2D eigenvalue weighted by molar-refractivity contribution is 5.84. The van der Waals surface area contributed by atoms with Crippen molar-refractivity contribution in [1.82, 2.24) is 0 Å². The van der Waals surface area contributed by atoms with Crippen LogP contribution in [0.25, 0.3) is 10.8 Å². The predicted molar refractivity (Wildman–Crippen MR) is 55.9 cm³/mol. The van der Waals surface area contributed by atoms with Crippen LogP contribution in [0.4, 0.5) is 0 Å². The van der Waals surface area contributed by atoms with Gasteiger partial charge in [-0.3, -0.25) is 0 Å². The molecule has 0 N–H and O–H groups in total. The molecule has 0 fully saturated rings. The number of hydrogen-bond donors (Lipinski definition) is 0. The summed E-state index contributed by atoms with van der Waals surface area (Å²) in [6.07, 6.45) is 0. The molecule has 0 amide bonds. The van der Waals surface area contributed by atoms with Crippen LogP contribution in [0.3, 0.4) is 0 Å². The summed E-state index contributed by atoms with van der Waals surface area (Å²) in [4.78, 5) is 0. The van der Waals surface area contributed by atoms with Crippen LogP contribution in [-0.2, 0) is 0 Å². The number of rotatable bonds is 2. The second-order valence-electron chi connectivity index (χ2n) is 2.98. The molecule has 2 aromatic rings. The fraction of sp³-hybridized carbons (Fsp3) is 0.167. The van der Waals surface area contributed by atoms with Gasteiger partial charge in [0.05, 0.1) is 14.2 Å². The molecule has 2 rings (SSSR count). The van der Waals surface area contributed by atoms with Gasteiger partial charge in [-0.05, 0) is 35.0 Å². The quantitative estimate of drug-likeness (QED) is 0.719. The fourth-order valence-electron chi connectivity index (χ4n) is 1.38. The van der Waals surface area contributed by atoms with Crippen LogP contribution in [0.2, 0.25) is 0 Å². The predicted octanol–water partition coefficient (Wildman–Crippen LogP) is 2.66. The van der Waals surface area contributed by atoms with Gasteiger partial charge in [0.2, 0.25) is 0 Å². The van der Waals surface area contributed by atoms with E-state index in [1.807, 2.05) is 30.3 Å². The Balaban J connectivity index is 2.57. The number of methoxy groups -OCH3 is 2. The molecule has 1 radical (unpaired) electrons. The van der Waals surface area contributed by atoms with Crippen molar-refractivity contribution < 1.29 is 9.47 Å². The molecule has 0 bridgehead atoms. The summed E-state index contributed by atoms with van der Waals surface area (Å²) < 4.78 is 10.2. The molecule has 0 spiro atoms. The zero-order valence-corrected chi connectivity index (χ0v) is 8.20. The zero-order chi connectivity index (χ0) is 9.97. The van der Waals surface area contributed by atoms with Crippen molar-refractivity contribution >= 4 is 10.8 Å². The molecule has 0 saturated carbocycles. The van der Waals surface area contributed by atoms with E-state index < -0.39 is 0 Å². The van der Waals surface area contributed by atoms with Crippen LogP contribution in [0.1, 0.15) is 0 Å². The maximum Gasteiger partial charge on any atom is 0.127 e. The smallest absolute Gasteiger partial charge is 0.127 e. The molecule has 0 aliphatic rings. The van der Waals surface area contributed by atoms with E-state index in [2.05, 4.69) is 6.07 Å². The third-order valence-corrected chi connectivity index (χ3v) is 2.15. The summed E-state index contributed by atoms with van der Waals surface area (Å²) in [5.74, 6) is 1.61. The van der Waals surface area contributed by atoms with Gasteiger partial charge in [-0.2, -0.15) is 0 Å². The molecule has 0 aromatic heterocycles. The van der Waals surface area contributed by atoms with E-state index >= 15 is 0 Å². The minimum Gasteiger partial charge on any atom is -0.497 e. The van der Waals surface area contributed by atoms with E-state index in [1.54, 1.807) is 14.2 Å². The highest BCUT2D eigenvalue weighted by Gasteiger charge is 1.98. The summed E-state index contributed by atoms with van der Waals surface area (Å²) in [6, 6.07) is 12.9. The van der Waals surface area contributed by atoms with E-state index in [1.165, 1.54) is 0 Å². The lowest BCUT2D eigenvalue weighted by Gasteiger charge is -2.03. The van der Waals surface area contributed by atoms with Gasteiger partial charge in [0.1, 0.15) is 11.5 Å². The SMILES string of the molecule is COc1[c]c2ccc(OC)cc2cc1. The van der Waals surface area contributed by atoms with Crippen LogP contribution in [0, 0.1) is 6.07 Å². The lowest BCUT2D eigenvalue weighted by molar-refractivity contribution is 0.413. The number of benzene rings is 2. The Morgan fingerprint density at radius 1 is 1.00 bits per heavy atom. The molecule has 0 aliphatic carbocycles. The summed E-state index contributed by atoms with van der Waals surface area (Å²) in [5, 5.41) is 2.13. The van der Waals surface area contributed by atoms with Gasteiger partial charge >= 0.3 is 0 Å². The monoisotopic (exact) mass is 187 g/mol. The molecule has 0 unspecified atom stereocenters. The Labute approximate surface area is 83.1 Å².